The van der Waals surface area contributed by atoms with Gasteiger partial charge < -0.3 is 0 Å². The first-order chi connectivity index (χ1) is 10.9. The maximum absolute atomic E-state index is 11.6. The molecule has 0 saturated heterocycles. The Morgan fingerprint density at radius 2 is 1.61 bits per heavy atom. The number of nitroso groups, excluding NO2 is 1. The van der Waals surface area contributed by atoms with E-state index in [0.29, 0.717) is 5.69 Å². The van der Waals surface area contributed by atoms with Crippen LogP contribution in [0.2, 0.25) is 0 Å². The molecule has 7 nitrogen and oxygen atoms in total. The van der Waals surface area contributed by atoms with Crippen molar-refractivity contribution in [2.75, 3.05) is 5.43 Å². The molecule has 0 fully saturated rings. The monoisotopic (exact) mass is 332 g/mol. The molecule has 23 heavy (non-hydrogen) atoms. The zero-order valence-corrected chi connectivity index (χ0v) is 13.5. The minimum atomic E-state index is -3.90. The fourth-order valence-electron chi connectivity index (χ4n) is 1.82. The predicted molar refractivity (Wildman–Crippen MR) is 89.6 cm³/mol. The normalized spacial score (nSPS) is 11.8. The summed E-state index contributed by atoms with van der Waals surface area (Å²) in [5, 5.41) is 6.44. The molecule has 2 aromatic rings. The molecule has 0 aliphatic rings. The van der Waals surface area contributed by atoms with E-state index in [1.807, 2.05) is 38.1 Å². The summed E-state index contributed by atoms with van der Waals surface area (Å²) < 4.78 is 23.1. The van der Waals surface area contributed by atoms with Crippen LogP contribution in [0.1, 0.15) is 18.1 Å². The van der Waals surface area contributed by atoms with Gasteiger partial charge in [0.15, 0.2) is 0 Å². The third-order valence-electron chi connectivity index (χ3n) is 3.14. The molecule has 2 N–H and O–H groups in total. The van der Waals surface area contributed by atoms with E-state index >= 15 is 0 Å². The van der Waals surface area contributed by atoms with Gasteiger partial charge in [-0.05, 0) is 43.7 Å². The number of anilines is 1. The van der Waals surface area contributed by atoms with Gasteiger partial charge in [-0.15, -0.1) is 4.91 Å². The number of hydrazone groups is 1. The van der Waals surface area contributed by atoms with Crippen molar-refractivity contribution in [2.45, 2.75) is 18.7 Å². The van der Waals surface area contributed by atoms with Crippen molar-refractivity contribution in [3.05, 3.63) is 64.6 Å². The lowest BCUT2D eigenvalue weighted by molar-refractivity contribution is 0.584. The van der Waals surface area contributed by atoms with Crippen molar-refractivity contribution >= 4 is 21.4 Å². The van der Waals surface area contributed by atoms with E-state index in [1.165, 1.54) is 22.5 Å². The van der Waals surface area contributed by atoms with E-state index in [-0.39, 0.29) is 4.90 Å². The lowest BCUT2D eigenvalue weighted by Crippen LogP contribution is -2.17. The number of hydrogen-bond donors (Lipinski definition) is 2. The van der Waals surface area contributed by atoms with Crippen LogP contribution in [0.25, 0.3) is 0 Å². The number of nitrogens with zero attached hydrogens (tertiary/aromatic N) is 2. The highest BCUT2D eigenvalue weighted by Gasteiger charge is 2.12. The summed E-state index contributed by atoms with van der Waals surface area (Å²) in [6.45, 7) is 3.88. The highest BCUT2D eigenvalue weighted by Crippen LogP contribution is 2.14. The number of rotatable bonds is 6. The predicted octanol–water partition coefficient (Wildman–Crippen LogP) is 2.79. The Balaban J connectivity index is 2.10. The van der Waals surface area contributed by atoms with Gasteiger partial charge in [-0.1, -0.05) is 29.8 Å². The Bertz CT molecular complexity index is 813. The standard InChI is InChI=1S/C15H16N4O3S/c1-11-3-5-13(6-4-11)12(2)16-17-14-7-9-15(10-8-14)23(21,22)19-18-20/h3-10,17H,1-2H3,(H,19,20)/b16-12+. The zero-order chi connectivity index (χ0) is 16.9. The molecule has 120 valence electrons. The molecule has 0 saturated carbocycles. The average Bonchev–Trinajstić information content (AvgIpc) is 2.53. The van der Waals surface area contributed by atoms with E-state index in [4.69, 9.17) is 0 Å². The van der Waals surface area contributed by atoms with Gasteiger partial charge in [0.1, 0.15) is 0 Å². The van der Waals surface area contributed by atoms with Crippen LogP contribution < -0.4 is 10.3 Å². The maximum Gasteiger partial charge on any atom is 0.279 e. The van der Waals surface area contributed by atoms with Crippen LogP contribution in [0, 0.1) is 11.8 Å². The third-order valence-corrected chi connectivity index (χ3v) is 4.35. The third kappa shape index (κ3) is 4.36. The molecule has 0 aliphatic carbocycles. The molecule has 0 aliphatic heterocycles. The van der Waals surface area contributed by atoms with Crippen LogP contribution in [0.4, 0.5) is 5.69 Å². The Morgan fingerprint density at radius 1 is 1.00 bits per heavy atom. The highest BCUT2D eigenvalue weighted by molar-refractivity contribution is 7.89. The second-order valence-electron chi connectivity index (χ2n) is 4.89. The molecule has 0 amide bonds. The van der Waals surface area contributed by atoms with E-state index in [1.54, 1.807) is 12.1 Å². The largest absolute Gasteiger partial charge is 0.279 e. The van der Waals surface area contributed by atoms with Gasteiger partial charge in [0.25, 0.3) is 10.0 Å². The molecular weight excluding hydrogens is 316 g/mol. The van der Waals surface area contributed by atoms with E-state index in [2.05, 4.69) is 15.8 Å². The Labute approximate surface area is 134 Å². The number of sulfonamides is 1. The van der Waals surface area contributed by atoms with Gasteiger partial charge in [0.2, 0.25) is 0 Å². The van der Waals surface area contributed by atoms with Gasteiger partial charge in [-0.3, -0.25) is 5.43 Å². The summed E-state index contributed by atoms with van der Waals surface area (Å²) >= 11 is 0. The van der Waals surface area contributed by atoms with Gasteiger partial charge in [-0.2, -0.15) is 18.4 Å². The Hall–Kier alpha value is -2.74. The summed E-state index contributed by atoms with van der Waals surface area (Å²) in [5.74, 6) is 0. The van der Waals surface area contributed by atoms with Crippen LogP contribution in [0.3, 0.4) is 0 Å². The molecule has 0 radical (unpaired) electrons. The highest BCUT2D eigenvalue weighted by atomic mass is 32.2. The van der Waals surface area contributed by atoms with Crippen LogP contribution in [0.5, 0.6) is 0 Å². The number of benzene rings is 2. The van der Waals surface area contributed by atoms with Gasteiger partial charge in [0.05, 0.1) is 21.6 Å². The van der Waals surface area contributed by atoms with Gasteiger partial charge in [0, 0.05) is 0 Å². The molecule has 2 aromatic carbocycles. The minimum Gasteiger partial charge on any atom is -0.278 e. The number of nitrogens with one attached hydrogen (secondary N) is 2. The first-order valence-electron chi connectivity index (χ1n) is 6.74. The lowest BCUT2D eigenvalue weighted by Gasteiger charge is -2.05. The van der Waals surface area contributed by atoms with Crippen molar-refractivity contribution in [1.29, 1.82) is 0 Å². The molecule has 0 bridgehead atoms. The van der Waals surface area contributed by atoms with Crippen molar-refractivity contribution < 1.29 is 8.42 Å². The van der Waals surface area contributed by atoms with E-state index in [9.17, 15) is 13.3 Å². The SMILES string of the molecule is C/C(=N\Nc1ccc(S(=O)(=O)NN=O)cc1)c1ccc(C)cc1. The van der Waals surface area contributed by atoms with Crippen LogP contribution in [-0.4, -0.2) is 14.1 Å². The summed E-state index contributed by atoms with van der Waals surface area (Å²) in [4.78, 5) is 11.5. The van der Waals surface area contributed by atoms with E-state index < -0.39 is 10.0 Å². The first kappa shape index (κ1) is 16.6. The van der Waals surface area contributed by atoms with Crippen LogP contribution >= 0.6 is 0 Å². The van der Waals surface area contributed by atoms with Gasteiger partial charge >= 0.3 is 0 Å². The molecule has 2 rings (SSSR count). The minimum absolute atomic E-state index is 0.0538. The molecule has 0 heterocycles. The van der Waals surface area contributed by atoms with Crippen molar-refractivity contribution in [3.63, 3.8) is 0 Å². The van der Waals surface area contributed by atoms with Gasteiger partial charge in [-0.25, -0.2) is 0 Å². The fourth-order valence-corrected chi connectivity index (χ4v) is 2.52. The van der Waals surface area contributed by atoms with E-state index in [0.717, 1.165) is 11.3 Å². The second-order valence-corrected chi connectivity index (χ2v) is 6.55. The molecule has 8 heteroatoms. The Morgan fingerprint density at radius 3 is 2.17 bits per heavy atom. The number of aryl methyl sites for hydroxylation is 1. The summed E-state index contributed by atoms with van der Waals surface area (Å²) in [6, 6.07) is 13.8. The van der Waals surface area contributed by atoms with Crippen LogP contribution in [0.15, 0.2) is 63.8 Å². The fraction of sp³-hybridized carbons (Fsp3) is 0.133. The smallest absolute Gasteiger partial charge is 0.278 e. The maximum atomic E-state index is 11.6. The van der Waals surface area contributed by atoms with Crippen molar-refractivity contribution in [3.8, 4) is 0 Å². The Kier molecular flexibility index (Phi) is 5.07. The topological polar surface area (TPSA) is 100.0 Å². The quantitative estimate of drug-likeness (QED) is 0.482. The van der Waals surface area contributed by atoms with Crippen molar-refractivity contribution in [1.82, 2.24) is 4.83 Å². The molecule has 0 atom stereocenters. The first-order valence-corrected chi connectivity index (χ1v) is 8.22. The molecule has 0 unspecified atom stereocenters. The molecular formula is C15H16N4O3S. The summed E-state index contributed by atoms with van der Waals surface area (Å²) in [5.41, 5.74) is 6.44. The summed E-state index contributed by atoms with van der Waals surface area (Å²) in [7, 11) is -3.90. The molecule has 0 aromatic heterocycles. The average molecular weight is 332 g/mol. The second kappa shape index (κ2) is 7.01. The lowest BCUT2D eigenvalue weighted by atomic mass is 10.1. The number of hydrogen-bond acceptors (Lipinski definition) is 6. The van der Waals surface area contributed by atoms with Crippen molar-refractivity contribution in [2.24, 2.45) is 10.4 Å². The molecule has 0 spiro atoms. The zero-order valence-electron chi connectivity index (χ0n) is 12.6. The summed E-state index contributed by atoms with van der Waals surface area (Å²) in [6.07, 6.45) is 0. The van der Waals surface area contributed by atoms with Crippen LogP contribution in [-0.2, 0) is 10.0 Å².